The molecule has 3 atom stereocenters. The summed E-state index contributed by atoms with van der Waals surface area (Å²) in [5.41, 5.74) is 4.80. The largest absolute Gasteiger partial charge is 0.468 e. The first-order valence-corrected chi connectivity index (χ1v) is 23.9. The number of hydrogen-bond donors (Lipinski definition) is 0. The Kier molecular flexibility index (Phi) is 11.7. The molecule has 2 aromatic carbocycles. The molecule has 0 saturated carbocycles. The van der Waals surface area contributed by atoms with Crippen LogP contribution >= 0.6 is 11.8 Å². The van der Waals surface area contributed by atoms with Crippen molar-refractivity contribution < 1.29 is 32.1 Å². The summed E-state index contributed by atoms with van der Waals surface area (Å²) in [7, 11) is -0.773. The van der Waals surface area contributed by atoms with Crippen LogP contribution in [0.5, 0.6) is 11.8 Å². The number of methoxy groups -OCH3 is 1. The van der Waals surface area contributed by atoms with E-state index in [1.54, 1.807) is 18.2 Å². The molecule has 4 aliphatic heterocycles. The van der Waals surface area contributed by atoms with Gasteiger partial charge in [-0.3, -0.25) is 4.90 Å². The molecule has 0 radical (unpaired) electrons. The predicted octanol–water partition coefficient (Wildman–Crippen LogP) is 9.33. The topological polar surface area (TPSA) is 82.1 Å². The lowest BCUT2D eigenvalue weighted by molar-refractivity contribution is 0.0512. The van der Waals surface area contributed by atoms with Crippen molar-refractivity contribution in [3.8, 4) is 34.5 Å². The number of hydrogen-bond acceptors (Lipinski definition) is 10. The summed E-state index contributed by atoms with van der Waals surface area (Å²) in [5, 5.41) is 2.13. The standard InChI is InChI=1S/C44H54F3N5O4SSi/c1-26(2)58(27(3)4,28(5)6)17-12-33-35(46)11-10-29-18-32(56-25-53-7)19-34(36(29)33)39-38(47)40-37-41(52-15-9-16-54-22-31(52)23-57-42(37)48-39)50-43(49-40)55-24-44-13-8-14-51(44)21-30(45)20-44/h10-11,18-19,26-28,30-31H,8-9,13-16,20-25H2,1-7H3/t30-,31+,44+/m1/s1. The van der Waals surface area contributed by atoms with Crippen molar-refractivity contribution in [2.75, 3.05) is 64.0 Å². The molecule has 9 nitrogen and oxygen atoms in total. The number of fused-ring (bicyclic) bond motifs is 4. The Bertz CT molecular complexity index is 2250. The first-order chi connectivity index (χ1) is 27.9. The zero-order valence-corrected chi connectivity index (χ0v) is 36.4. The van der Waals surface area contributed by atoms with Crippen molar-refractivity contribution in [1.29, 1.82) is 0 Å². The average Bonchev–Trinajstić information content (AvgIpc) is 3.54. The molecule has 14 heteroatoms. The van der Waals surface area contributed by atoms with Gasteiger partial charge in [-0.05, 0) is 66.0 Å². The maximum Gasteiger partial charge on any atom is 0.319 e. The Morgan fingerprint density at radius 3 is 2.55 bits per heavy atom. The van der Waals surface area contributed by atoms with Crippen molar-refractivity contribution in [2.24, 2.45) is 0 Å². The predicted molar refractivity (Wildman–Crippen MR) is 226 cm³/mol. The van der Waals surface area contributed by atoms with E-state index in [0.29, 0.717) is 93.4 Å². The molecule has 8 rings (SSSR count). The molecule has 4 aromatic rings. The van der Waals surface area contributed by atoms with E-state index in [1.807, 2.05) is 0 Å². The Morgan fingerprint density at radius 2 is 1.79 bits per heavy atom. The highest BCUT2D eigenvalue weighted by Crippen LogP contribution is 2.46. The SMILES string of the molecule is COCOc1cc(-c2nc3c4c(nc(OC[C@@]56CCCN5C[C@H](F)C6)nc4c2F)N2CCCOC[C@H]2CS3)c2c(C#C[Si](C(C)C)(C(C)C)C(C)C)c(F)ccc2c1. The lowest BCUT2D eigenvalue weighted by atomic mass is 9.95. The summed E-state index contributed by atoms with van der Waals surface area (Å²) in [5.74, 6) is 3.75. The minimum absolute atomic E-state index is 0.00262. The number of halogens is 3. The number of nitrogens with zero attached hydrogens (tertiary/aromatic N) is 5. The number of rotatable bonds is 10. The number of aromatic nitrogens is 3. The van der Waals surface area contributed by atoms with Crippen molar-refractivity contribution in [1.82, 2.24) is 19.9 Å². The van der Waals surface area contributed by atoms with Crippen LogP contribution in [0, 0.1) is 23.1 Å². The number of alkyl halides is 1. The van der Waals surface area contributed by atoms with Crippen LogP contribution in [0.4, 0.5) is 19.0 Å². The van der Waals surface area contributed by atoms with Crippen LogP contribution in [0.15, 0.2) is 29.3 Å². The molecule has 0 spiro atoms. The molecular formula is C44H54F3N5O4SSi. The zero-order chi connectivity index (χ0) is 40.9. The van der Waals surface area contributed by atoms with Crippen LogP contribution in [0.25, 0.3) is 32.9 Å². The Morgan fingerprint density at radius 1 is 1.00 bits per heavy atom. The van der Waals surface area contributed by atoms with Gasteiger partial charge in [0.05, 0.1) is 29.1 Å². The summed E-state index contributed by atoms with van der Waals surface area (Å²) >= 11 is 1.50. The van der Waals surface area contributed by atoms with Crippen LogP contribution in [-0.2, 0) is 9.47 Å². The van der Waals surface area contributed by atoms with E-state index in [-0.39, 0.29) is 42.2 Å². The normalized spacial score (nSPS) is 22.3. The van der Waals surface area contributed by atoms with Crippen molar-refractivity contribution in [2.45, 2.75) is 107 Å². The zero-order valence-electron chi connectivity index (χ0n) is 34.6. The fraction of sp³-hybridized carbons (Fsp3) is 0.568. The van der Waals surface area contributed by atoms with Gasteiger partial charge in [-0.2, -0.15) is 9.97 Å². The first kappa shape index (κ1) is 41.1. The van der Waals surface area contributed by atoms with Crippen LogP contribution in [-0.4, -0.2) is 105 Å². The van der Waals surface area contributed by atoms with Gasteiger partial charge in [0.15, 0.2) is 12.6 Å². The maximum atomic E-state index is 17.8. The smallest absolute Gasteiger partial charge is 0.319 e. The fourth-order valence-corrected chi connectivity index (χ4v) is 16.6. The summed E-state index contributed by atoms with van der Waals surface area (Å²) in [6.45, 7) is 16.4. The van der Waals surface area contributed by atoms with Crippen LogP contribution in [0.3, 0.4) is 0 Å². The second kappa shape index (κ2) is 16.4. The molecule has 6 heterocycles. The third kappa shape index (κ3) is 7.22. The van der Waals surface area contributed by atoms with Crippen molar-refractivity contribution in [3.63, 3.8) is 0 Å². The van der Waals surface area contributed by atoms with Crippen LogP contribution in [0.1, 0.15) is 72.8 Å². The Balaban J connectivity index is 1.36. The van der Waals surface area contributed by atoms with E-state index >= 15 is 8.78 Å². The van der Waals surface area contributed by atoms with Gasteiger partial charge in [0.2, 0.25) is 0 Å². The second-order valence-corrected chi connectivity index (χ2v) is 23.9. The second-order valence-electron chi connectivity index (χ2n) is 17.3. The summed E-state index contributed by atoms with van der Waals surface area (Å²) in [4.78, 5) is 19.2. The lowest BCUT2D eigenvalue weighted by Crippen LogP contribution is -2.43. The summed E-state index contributed by atoms with van der Waals surface area (Å²) < 4.78 is 72.6. The molecule has 3 fully saturated rings. The average molecular weight is 834 g/mol. The van der Waals surface area contributed by atoms with E-state index in [9.17, 15) is 4.39 Å². The lowest BCUT2D eigenvalue weighted by Gasteiger charge is -2.38. The van der Waals surface area contributed by atoms with Gasteiger partial charge in [0.25, 0.3) is 0 Å². The molecule has 310 valence electrons. The third-order valence-electron chi connectivity index (χ3n) is 13.0. The summed E-state index contributed by atoms with van der Waals surface area (Å²) in [6, 6.07) is 6.55. The first-order valence-electron chi connectivity index (χ1n) is 20.7. The van der Waals surface area contributed by atoms with Gasteiger partial charge >= 0.3 is 6.01 Å². The minimum Gasteiger partial charge on any atom is -0.468 e. The highest BCUT2D eigenvalue weighted by Gasteiger charge is 2.49. The van der Waals surface area contributed by atoms with E-state index in [4.69, 9.17) is 33.9 Å². The van der Waals surface area contributed by atoms with Gasteiger partial charge in [0, 0.05) is 49.9 Å². The Hall–Kier alpha value is -3.61. The highest BCUT2D eigenvalue weighted by molar-refractivity contribution is 7.99. The van der Waals surface area contributed by atoms with Crippen molar-refractivity contribution >= 4 is 47.3 Å². The highest BCUT2D eigenvalue weighted by atomic mass is 32.2. The quantitative estimate of drug-likeness (QED) is 0.0877. The molecular weight excluding hydrogens is 780 g/mol. The van der Waals surface area contributed by atoms with E-state index in [0.717, 1.165) is 25.8 Å². The number of benzene rings is 2. The van der Waals surface area contributed by atoms with E-state index < -0.39 is 31.4 Å². The van der Waals surface area contributed by atoms with Gasteiger partial charge in [-0.15, -0.1) is 17.3 Å². The maximum absolute atomic E-state index is 17.8. The number of thioether (sulfide) groups is 1. The molecule has 3 saturated heterocycles. The van der Waals surface area contributed by atoms with Crippen LogP contribution < -0.4 is 14.4 Å². The van der Waals surface area contributed by atoms with Gasteiger partial charge in [-0.1, -0.05) is 53.5 Å². The fourth-order valence-electron chi connectivity index (χ4n) is 10.3. The third-order valence-corrected chi connectivity index (χ3v) is 20.4. The Labute approximate surface area is 344 Å². The monoisotopic (exact) mass is 833 g/mol. The molecule has 0 bridgehead atoms. The van der Waals surface area contributed by atoms with Gasteiger partial charge in [-0.25, -0.2) is 18.2 Å². The molecule has 4 aliphatic rings. The van der Waals surface area contributed by atoms with Gasteiger partial charge < -0.3 is 23.8 Å². The molecule has 0 N–H and O–H groups in total. The number of anilines is 1. The number of pyridine rings is 1. The van der Waals surface area contributed by atoms with E-state index in [2.05, 4.69) is 62.8 Å². The minimum atomic E-state index is -2.30. The summed E-state index contributed by atoms with van der Waals surface area (Å²) in [6.07, 6.45) is 2.00. The molecule has 0 aliphatic carbocycles. The molecule has 58 heavy (non-hydrogen) atoms. The van der Waals surface area contributed by atoms with Crippen molar-refractivity contribution in [3.05, 3.63) is 41.5 Å². The molecule has 2 aromatic heterocycles. The van der Waals surface area contributed by atoms with Crippen LogP contribution in [0.2, 0.25) is 16.6 Å². The number of ether oxygens (including phenoxy) is 4. The molecule has 0 amide bonds. The van der Waals surface area contributed by atoms with E-state index in [1.165, 1.54) is 24.9 Å². The molecule has 0 unspecified atom stereocenters. The van der Waals surface area contributed by atoms with Gasteiger partial charge in [0.1, 0.15) is 54.5 Å².